The van der Waals surface area contributed by atoms with E-state index in [2.05, 4.69) is 52.5 Å². The number of anilines is 2. The molecule has 1 N–H and O–H groups in total. The van der Waals surface area contributed by atoms with Crippen LogP contribution in [0.25, 0.3) is 11.3 Å². The Morgan fingerprint density at radius 3 is 2.29 bits per heavy atom. The number of halogens is 2. The lowest BCUT2D eigenvalue weighted by molar-refractivity contribution is 0.208. The van der Waals surface area contributed by atoms with Crippen molar-refractivity contribution in [3.05, 3.63) is 69.7 Å². The second-order valence-corrected chi connectivity index (χ2v) is 8.42. The van der Waals surface area contributed by atoms with E-state index in [-0.39, 0.29) is 6.03 Å². The molecule has 160 valence electrons. The van der Waals surface area contributed by atoms with E-state index in [0.717, 1.165) is 17.1 Å². The van der Waals surface area contributed by atoms with Crippen LogP contribution in [0.3, 0.4) is 0 Å². The average Bonchev–Trinajstić information content (AvgIpc) is 2.78. The van der Waals surface area contributed by atoms with Crippen LogP contribution in [0.5, 0.6) is 0 Å². The van der Waals surface area contributed by atoms with Gasteiger partial charge >= 0.3 is 6.03 Å². The number of aryl methyl sites for hydroxylation is 2. The van der Waals surface area contributed by atoms with Gasteiger partial charge in [-0.25, -0.2) is 4.79 Å². The summed E-state index contributed by atoms with van der Waals surface area (Å²) in [5.74, 6) is 0.817. The van der Waals surface area contributed by atoms with E-state index >= 15 is 0 Å². The summed E-state index contributed by atoms with van der Waals surface area (Å²) >= 11 is 11.9. The average molecular weight is 456 g/mol. The lowest BCUT2D eigenvalue weighted by Crippen LogP contribution is -2.50. The van der Waals surface area contributed by atoms with E-state index < -0.39 is 0 Å². The number of nitrogens with zero attached hydrogens (tertiary/aromatic N) is 4. The highest BCUT2D eigenvalue weighted by Crippen LogP contribution is 2.25. The zero-order valence-corrected chi connectivity index (χ0v) is 18.9. The topological polar surface area (TPSA) is 61.4 Å². The molecule has 0 saturated carbocycles. The van der Waals surface area contributed by atoms with Gasteiger partial charge in [0.05, 0.1) is 15.7 Å². The molecule has 0 radical (unpaired) electrons. The van der Waals surface area contributed by atoms with Crippen LogP contribution < -0.4 is 10.2 Å². The van der Waals surface area contributed by atoms with Gasteiger partial charge in [-0.3, -0.25) is 0 Å². The van der Waals surface area contributed by atoms with Crippen molar-refractivity contribution in [2.75, 3.05) is 36.4 Å². The number of aromatic nitrogens is 2. The smallest absolute Gasteiger partial charge is 0.321 e. The van der Waals surface area contributed by atoms with Gasteiger partial charge in [0.25, 0.3) is 0 Å². The predicted octanol–water partition coefficient (Wildman–Crippen LogP) is 5.42. The SMILES string of the molecule is Cc1ccc(-c2ccc(N3CCN(C(=O)Nc4ccc(Cl)c(Cl)c4)CC3)nn2)cc1C. The first kappa shape index (κ1) is 21.4. The maximum absolute atomic E-state index is 12.6. The van der Waals surface area contributed by atoms with Crippen molar-refractivity contribution in [1.82, 2.24) is 15.1 Å². The standard InChI is InChI=1S/C23H23Cl2N5O/c1-15-3-4-17(13-16(15)2)21-7-8-22(28-27-21)29-9-11-30(12-10-29)23(31)26-18-5-6-19(24)20(25)14-18/h3-8,13-14H,9-12H2,1-2H3,(H,26,31). The summed E-state index contributed by atoms with van der Waals surface area (Å²) in [7, 11) is 0. The fraction of sp³-hybridized carbons (Fsp3) is 0.261. The van der Waals surface area contributed by atoms with Crippen molar-refractivity contribution in [3.8, 4) is 11.3 Å². The molecule has 1 aromatic heterocycles. The summed E-state index contributed by atoms with van der Waals surface area (Å²) in [5, 5.41) is 12.6. The van der Waals surface area contributed by atoms with Gasteiger partial charge in [-0.1, -0.05) is 35.3 Å². The maximum Gasteiger partial charge on any atom is 0.321 e. The lowest BCUT2D eigenvalue weighted by atomic mass is 10.0. The van der Waals surface area contributed by atoms with Crippen molar-refractivity contribution < 1.29 is 4.79 Å². The van der Waals surface area contributed by atoms with E-state index in [9.17, 15) is 4.79 Å². The first-order valence-corrected chi connectivity index (χ1v) is 10.8. The molecule has 1 aliphatic rings. The molecule has 1 saturated heterocycles. The van der Waals surface area contributed by atoms with Gasteiger partial charge in [0.2, 0.25) is 0 Å². The van der Waals surface area contributed by atoms with E-state index in [0.29, 0.717) is 41.9 Å². The van der Waals surface area contributed by atoms with Crippen LogP contribution >= 0.6 is 23.2 Å². The first-order valence-electron chi connectivity index (χ1n) is 10.1. The minimum atomic E-state index is -0.158. The Hall–Kier alpha value is -2.83. The molecule has 2 amide bonds. The van der Waals surface area contributed by atoms with Crippen LogP contribution in [0, 0.1) is 13.8 Å². The van der Waals surface area contributed by atoms with Crippen molar-refractivity contribution in [2.24, 2.45) is 0 Å². The Balaban J connectivity index is 1.35. The number of carbonyl (C=O) groups is 1. The number of carbonyl (C=O) groups excluding carboxylic acids is 1. The molecule has 2 heterocycles. The molecular formula is C23H23Cl2N5O. The predicted molar refractivity (Wildman–Crippen MR) is 126 cm³/mol. The third kappa shape index (κ3) is 4.92. The fourth-order valence-corrected chi connectivity index (χ4v) is 3.76. The molecule has 0 aliphatic carbocycles. The van der Waals surface area contributed by atoms with E-state index in [1.54, 1.807) is 23.1 Å². The quantitative estimate of drug-likeness (QED) is 0.572. The number of piperazine rings is 1. The maximum atomic E-state index is 12.6. The van der Waals surface area contributed by atoms with Crippen molar-refractivity contribution in [3.63, 3.8) is 0 Å². The summed E-state index contributed by atoms with van der Waals surface area (Å²) in [4.78, 5) is 16.5. The highest BCUT2D eigenvalue weighted by Gasteiger charge is 2.22. The van der Waals surface area contributed by atoms with Crippen molar-refractivity contribution >= 4 is 40.7 Å². The summed E-state index contributed by atoms with van der Waals surface area (Å²) in [5.41, 5.74) is 5.03. The zero-order chi connectivity index (χ0) is 22.0. The molecule has 31 heavy (non-hydrogen) atoms. The van der Waals surface area contributed by atoms with E-state index in [4.69, 9.17) is 23.2 Å². The summed E-state index contributed by atoms with van der Waals surface area (Å²) in [6.45, 7) is 6.75. The van der Waals surface area contributed by atoms with Crippen LogP contribution in [-0.2, 0) is 0 Å². The number of rotatable bonds is 3. The molecule has 2 aromatic carbocycles. The zero-order valence-electron chi connectivity index (χ0n) is 17.4. The van der Waals surface area contributed by atoms with E-state index in [1.807, 2.05) is 12.1 Å². The van der Waals surface area contributed by atoms with Gasteiger partial charge in [-0.2, -0.15) is 0 Å². The Morgan fingerprint density at radius 2 is 1.65 bits per heavy atom. The summed E-state index contributed by atoms with van der Waals surface area (Å²) in [6, 6.07) is 15.2. The third-order valence-electron chi connectivity index (χ3n) is 5.51. The summed E-state index contributed by atoms with van der Waals surface area (Å²) < 4.78 is 0. The largest absolute Gasteiger partial charge is 0.352 e. The van der Waals surface area contributed by atoms with Gasteiger partial charge < -0.3 is 15.1 Å². The normalized spacial score (nSPS) is 13.9. The number of urea groups is 1. The number of benzene rings is 2. The second-order valence-electron chi connectivity index (χ2n) is 7.61. The number of amides is 2. The Labute approximate surface area is 191 Å². The second kappa shape index (κ2) is 9.12. The van der Waals surface area contributed by atoms with Crippen molar-refractivity contribution in [2.45, 2.75) is 13.8 Å². The van der Waals surface area contributed by atoms with Crippen LogP contribution in [0.1, 0.15) is 11.1 Å². The van der Waals surface area contributed by atoms with E-state index in [1.165, 1.54) is 11.1 Å². The fourth-order valence-electron chi connectivity index (χ4n) is 3.46. The van der Waals surface area contributed by atoms with Gasteiger partial charge in [-0.15, -0.1) is 10.2 Å². The van der Waals surface area contributed by atoms with Gasteiger partial charge in [0.1, 0.15) is 0 Å². The highest BCUT2D eigenvalue weighted by atomic mass is 35.5. The van der Waals surface area contributed by atoms with Crippen LogP contribution in [-0.4, -0.2) is 47.3 Å². The Morgan fingerprint density at radius 1 is 0.871 bits per heavy atom. The van der Waals surface area contributed by atoms with Crippen LogP contribution in [0.15, 0.2) is 48.5 Å². The number of hydrogen-bond acceptors (Lipinski definition) is 4. The molecule has 3 aromatic rings. The van der Waals surface area contributed by atoms with Gasteiger partial charge in [0.15, 0.2) is 5.82 Å². The molecule has 8 heteroatoms. The van der Waals surface area contributed by atoms with Crippen molar-refractivity contribution in [1.29, 1.82) is 0 Å². The minimum Gasteiger partial charge on any atom is -0.352 e. The Bertz CT molecular complexity index is 1100. The molecule has 1 fully saturated rings. The molecule has 0 spiro atoms. The summed E-state index contributed by atoms with van der Waals surface area (Å²) in [6.07, 6.45) is 0. The lowest BCUT2D eigenvalue weighted by Gasteiger charge is -2.35. The molecule has 4 rings (SSSR count). The first-order chi connectivity index (χ1) is 14.9. The Kier molecular flexibility index (Phi) is 6.30. The van der Waals surface area contributed by atoms with Crippen LogP contribution in [0.2, 0.25) is 10.0 Å². The van der Waals surface area contributed by atoms with Gasteiger partial charge in [-0.05, 0) is 61.4 Å². The molecule has 0 bridgehead atoms. The monoisotopic (exact) mass is 455 g/mol. The van der Waals surface area contributed by atoms with Crippen LogP contribution in [0.4, 0.5) is 16.3 Å². The molecule has 6 nitrogen and oxygen atoms in total. The third-order valence-corrected chi connectivity index (χ3v) is 6.25. The molecule has 1 aliphatic heterocycles. The number of hydrogen-bond donors (Lipinski definition) is 1. The minimum absolute atomic E-state index is 0.158. The van der Waals surface area contributed by atoms with Gasteiger partial charge in [0, 0.05) is 37.4 Å². The highest BCUT2D eigenvalue weighted by molar-refractivity contribution is 6.42. The molecular weight excluding hydrogens is 433 g/mol. The molecule has 0 unspecified atom stereocenters. The molecule has 0 atom stereocenters. The number of nitrogens with one attached hydrogen (secondary N) is 1.